The predicted octanol–water partition coefficient (Wildman–Crippen LogP) is 2.04. The lowest BCUT2D eigenvalue weighted by Crippen LogP contribution is -2.42. The van der Waals surface area contributed by atoms with Gasteiger partial charge in [0, 0.05) is 30.6 Å². The molecule has 0 fully saturated rings. The lowest BCUT2D eigenvalue weighted by Gasteiger charge is -2.25. The molecule has 2 aromatic rings. The van der Waals surface area contributed by atoms with Crippen molar-refractivity contribution in [2.45, 2.75) is 13.0 Å². The predicted molar refractivity (Wildman–Crippen MR) is 92.0 cm³/mol. The molecule has 3 rings (SSSR count). The van der Waals surface area contributed by atoms with Crippen LogP contribution in [0.2, 0.25) is 0 Å². The summed E-state index contributed by atoms with van der Waals surface area (Å²) in [5.74, 6) is -0.290. The number of carbonyl (C=O) groups is 2. The second-order valence-electron chi connectivity index (χ2n) is 5.20. The Morgan fingerprint density at radius 1 is 1.42 bits per heavy atom. The van der Waals surface area contributed by atoms with Crippen molar-refractivity contribution >= 4 is 28.4 Å². The number of hydrogen-bond donors (Lipinski definition) is 2. The van der Waals surface area contributed by atoms with E-state index >= 15 is 0 Å². The van der Waals surface area contributed by atoms with Gasteiger partial charge in [-0.25, -0.2) is 9.78 Å². The summed E-state index contributed by atoms with van der Waals surface area (Å²) >= 11 is 1.39. The van der Waals surface area contributed by atoms with Crippen LogP contribution in [0, 0.1) is 0 Å². The average molecular weight is 343 g/mol. The highest BCUT2D eigenvalue weighted by Crippen LogP contribution is 2.28. The van der Waals surface area contributed by atoms with Crippen molar-refractivity contribution in [1.82, 2.24) is 20.2 Å². The van der Waals surface area contributed by atoms with Crippen LogP contribution >= 0.6 is 11.3 Å². The van der Waals surface area contributed by atoms with Crippen molar-refractivity contribution < 1.29 is 9.59 Å². The Hall–Kier alpha value is -2.74. The topological polar surface area (TPSA) is 87.2 Å². The molecule has 1 aliphatic rings. The molecule has 8 heteroatoms. The van der Waals surface area contributed by atoms with Gasteiger partial charge in [0.1, 0.15) is 5.69 Å². The van der Waals surface area contributed by atoms with Gasteiger partial charge in [-0.05, 0) is 12.1 Å². The molecule has 0 bridgehead atoms. The fourth-order valence-electron chi connectivity index (χ4n) is 2.35. The monoisotopic (exact) mass is 343 g/mol. The van der Waals surface area contributed by atoms with Gasteiger partial charge >= 0.3 is 6.03 Å². The molecule has 1 aliphatic heterocycles. The first-order chi connectivity index (χ1) is 11.7. The minimum atomic E-state index is -0.290. The van der Waals surface area contributed by atoms with Crippen LogP contribution in [0.5, 0.6) is 0 Å². The lowest BCUT2D eigenvalue weighted by atomic mass is 10.2. The van der Waals surface area contributed by atoms with Crippen LogP contribution in [0.15, 0.2) is 37.1 Å². The molecule has 0 aliphatic carbocycles. The molecule has 3 heterocycles. The Kier molecular flexibility index (Phi) is 4.85. The zero-order chi connectivity index (χ0) is 16.9. The highest BCUT2D eigenvalue weighted by molar-refractivity contribution is 7.15. The van der Waals surface area contributed by atoms with Gasteiger partial charge in [0.25, 0.3) is 5.91 Å². The van der Waals surface area contributed by atoms with E-state index in [1.54, 1.807) is 35.4 Å². The zero-order valence-corrected chi connectivity index (χ0v) is 13.8. The van der Waals surface area contributed by atoms with Gasteiger partial charge in [-0.3, -0.25) is 15.1 Å². The number of rotatable bonds is 4. The van der Waals surface area contributed by atoms with Gasteiger partial charge < -0.3 is 10.2 Å². The van der Waals surface area contributed by atoms with Crippen molar-refractivity contribution in [1.29, 1.82) is 0 Å². The zero-order valence-electron chi connectivity index (χ0n) is 13.0. The van der Waals surface area contributed by atoms with E-state index in [0.717, 1.165) is 10.6 Å². The molecule has 3 amide bonds. The third-order valence-corrected chi connectivity index (χ3v) is 4.53. The summed E-state index contributed by atoms with van der Waals surface area (Å²) in [4.78, 5) is 35.3. The van der Waals surface area contributed by atoms with E-state index in [0.29, 0.717) is 36.9 Å². The Labute approximate surface area is 143 Å². The van der Waals surface area contributed by atoms with Crippen LogP contribution in [0.4, 0.5) is 9.93 Å². The summed E-state index contributed by atoms with van der Waals surface area (Å²) in [6.45, 7) is 5.12. The summed E-state index contributed by atoms with van der Waals surface area (Å²) in [6.07, 6.45) is 3.89. The number of carbonyl (C=O) groups excluding carboxylic acids is 2. The Morgan fingerprint density at radius 2 is 2.29 bits per heavy atom. The van der Waals surface area contributed by atoms with E-state index in [1.165, 1.54) is 11.3 Å². The highest BCUT2D eigenvalue weighted by Gasteiger charge is 2.24. The lowest BCUT2D eigenvalue weighted by molar-refractivity contribution is 0.102. The van der Waals surface area contributed by atoms with E-state index in [2.05, 4.69) is 27.2 Å². The number of anilines is 1. The summed E-state index contributed by atoms with van der Waals surface area (Å²) in [5, 5.41) is 6.07. The van der Waals surface area contributed by atoms with E-state index < -0.39 is 0 Å². The second kappa shape index (κ2) is 7.22. The summed E-state index contributed by atoms with van der Waals surface area (Å²) in [5.41, 5.74) is 1.28. The van der Waals surface area contributed by atoms with Crippen molar-refractivity contribution in [3.63, 3.8) is 0 Å². The number of hydrogen-bond acceptors (Lipinski definition) is 5. The molecule has 2 N–H and O–H groups in total. The van der Waals surface area contributed by atoms with Crippen LogP contribution in [-0.4, -0.2) is 39.9 Å². The van der Waals surface area contributed by atoms with Crippen molar-refractivity contribution in [2.75, 3.05) is 18.4 Å². The van der Waals surface area contributed by atoms with Gasteiger partial charge in [0.2, 0.25) is 0 Å². The number of aromatic nitrogens is 2. The number of nitrogens with one attached hydrogen (secondary N) is 2. The number of thiazole rings is 1. The van der Waals surface area contributed by atoms with Crippen molar-refractivity contribution in [3.05, 3.63) is 53.3 Å². The molecule has 0 unspecified atom stereocenters. The number of fused-ring (bicyclic) bond motifs is 1. The van der Waals surface area contributed by atoms with Gasteiger partial charge in [-0.15, -0.1) is 6.58 Å². The Bertz CT molecular complexity index is 759. The first-order valence-electron chi connectivity index (χ1n) is 7.52. The first kappa shape index (κ1) is 16.1. The molecule has 0 saturated carbocycles. The van der Waals surface area contributed by atoms with E-state index in [9.17, 15) is 9.59 Å². The van der Waals surface area contributed by atoms with Crippen LogP contribution in [0.25, 0.3) is 0 Å². The smallest absolute Gasteiger partial charge is 0.317 e. The van der Waals surface area contributed by atoms with E-state index in [1.807, 2.05) is 0 Å². The third kappa shape index (κ3) is 3.60. The SMILES string of the molecule is C=CCNC(=O)N1CCc2nc(NC(=O)c3ccccn3)sc2C1. The van der Waals surface area contributed by atoms with Gasteiger partial charge in [-0.1, -0.05) is 23.5 Å². The fraction of sp³-hybridized carbons (Fsp3) is 0.250. The van der Waals surface area contributed by atoms with Gasteiger partial charge in [0.15, 0.2) is 5.13 Å². The van der Waals surface area contributed by atoms with Crippen LogP contribution < -0.4 is 10.6 Å². The quantitative estimate of drug-likeness (QED) is 0.832. The average Bonchev–Trinajstić information content (AvgIpc) is 3.01. The van der Waals surface area contributed by atoms with E-state index in [-0.39, 0.29) is 11.9 Å². The Morgan fingerprint density at radius 3 is 3.04 bits per heavy atom. The largest absolute Gasteiger partial charge is 0.335 e. The highest BCUT2D eigenvalue weighted by atomic mass is 32.1. The molecular formula is C16H17N5O2S. The molecule has 124 valence electrons. The molecule has 0 atom stereocenters. The summed E-state index contributed by atoms with van der Waals surface area (Å²) in [7, 11) is 0. The number of nitrogens with zero attached hydrogens (tertiary/aromatic N) is 3. The molecule has 24 heavy (non-hydrogen) atoms. The normalized spacial score (nSPS) is 13.1. The fourth-order valence-corrected chi connectivity index (χ4v) is 3.37. The summed E-state index contributed by atoms with van der Waals surface area (Å²) < 4.78 is 0. The minimum absolute atomic E-state index is 0.118. The number of pyridine rings is 1. The first-order valence-corrected chi connectivity index (χ1v) is 8.33. The van der Waals surface area contributed by atoms with Gasteiger partial charge in [-0.2, -0.15) is 0 Å². The number of amides is 3. The van der Waals surface area contributed by atoms with E-state index in [4.69, 9.17) is 0 Å². The van der Waals surface area contributed by atoms with Crippen LogP contribution in [0.1, 0.15) is 21.1 Å². The molecule has 7 nitrogen and oxygen atoms in total. The standard InChI is InChI=1S/C16H17N5O2S/c1-2-7-18-16(23)21-9-6-11-13(10-21)24-15(19-11)20-14(22)12-5-3-4-8-17-12/h2-5,8H,1,6-7,9-10H2,(H,18,23)(H,19,20,22). The maximum Gasteiger partial charge on any atom is 0.317 e. The maximum absolute atomic E-state index is 12.1. The Balaban J connectivity index is 1.66. The third-order valence-electron chi connectivity index (χ3n) is 3.53. The molecule has 2 aromatic heterocycles. The summed E-state index contributed by atoms with van der Waals surface area (Å²) in [6, 6.07) is 5.04. The van der Waals surface area contributed by atoms with Crippen molar-refractivity contribution in [3.8, 4) is 0 Å². The number of urea groups is 1. The maximum atomic E-state index is 12.1. The molecule has 0 spiro atoms. The molecular weight excluding hydrogens is 326 g/mol. The minimum Gasteiger partial charge on any atom is -0.335 e. The van der Waals surface area contributed by atoms with Crippen molar-refractivity contribution in [2.24, 2.45) is 0 Å². The molecule has 0 saturated heterocycles. The molecule has 0 aromatic carbocycles. The van der Waals surface area contributed by atoms with Crippen LogP contribution in [-0.2, 0) is 13.0 Å². The molecule has 0 radical (unpaired) electrons. The van der Waals surface area contributed by atoms with Crippen LogP contribution in [0.3, 0.4) is 0 Å². The second-order valence-corrected chi connectivity index (χ2v) is 6.29. The van der Waals surface area contributed by atoms with Gasteiger partial charge in [0.05, 0.1) is 12.2 Å².